The first kappa shape index (κ1) is 28.9. The molecule has 42 heavy (non-hydrogen) atoms. The number of imide groups is 1. The highest BCUT2D eigenvalue weighted by Crippen LogP contribution is 2.41. The summed E-state index contributed by atoms with van der Waals surface area (Å²) >= 11 is 0. The third-order valence-corrected chi connectivity index (χ3v) is 7.82. The van der Waals surface area contributed by atoms with E-state index in [1.165, 1.54) is 16.8 Å². The van der Waals surface area contributed by atoms with Crippen LogP contribution in [0.25, 0.3) is 10.9 Å². The smallest absolute Gasteiger partial charge is 0.387 e. The third kappa shape index (κ3) is 5.01. The second-order valence-corrected chi connectivity index (χ2v) is 10.7. The fourth-order valence-electron chi connectivity index (χ4n) is 5.57. The van der Waals surface area contributed by atoms with Gasteiger partial charge in [0.25, 0.3) is 11.8 Å². The average molecular weight is 587 g/mol. The van der Waals surface area contributed by atoms with E-state index in [0.717, 1.165) is 34.0 Å². The molecule has 2 fully saturated rings. The molecule has 11 nitrogen and oxygen atoms in total. The highest BCUT2D eigenvalue weighted by atomic mass is 19.3. The second-order valence-electron chi connectivity index (χ2n) is 10.7. The van der Waals surface area contributed by atoms with Crippen molar-refractivity contribution in [2.24, 2.45) is 5.92 Å². The van der Waals surface area contributed by atoms with Crippen LogP contribution < -0.4 is 15.0 Å². The summed E-state index contributed by atoms with van der Waals surface area (Å²) in [7, 11) is 1.42. The van der Waals surface area contributed by atoms with Gasteiger partial charge in [0.2, 0.25) is 5.91 Å². The average Bonchev–Trinajstić information content (AvgIpc) is 3.49. The Morgan fingerprint density at radius 2 is 1.81 bits per heavy atom. The summed E-state index contributed by atoms with van der Waals surface area (Å²) in [5, 5.41) is 10.1. The van der Waals surface area contributed by atoms with Crippen molar-refractivity contribution < 1.29 is 37.1 Å². The minimum atomic E-state index is -3.16. The Hall–Kier alpha value is -4.62. The lowest BCUT2D eigenvalue weighted by Gasteiger charge is -2.43. The Bertz CT molecular complexity index is 1550. The maximum absolute atomic E-state index is 14.4. The van der Waals surface area contributed by atoms with Crippen molar-refractivity contribution in [3.8, 4) is 5.75 Å². The molecule has 222 valence electrons. The van der Waals surface area contributed by atoms with Gasteiger partial charge in [-0.2, -0.15) is 13.9 Å². The summed E-state index contributed by atoms with van der Waals surface area (Å²) in [5.74, 6) is -3.58. The molecule has 1 atom stereocenters. The number of nitrogens with one attached hydrogen (secondary N) is 2. The number of urea groups is 1. The zero-order valence-electron chi connectivity index (χ0n) is 23.1. The van der Waals surface area contributed by atoms with Crippen molar-refractivity contribution >= 4 is 40.3 Å². The topological polar surface area (TPSA) is 128 Å². The molecule has 5 rings (SSSR count). The van der Waals surface area contributed by atoms with E-state index in [1.807, 2.05) is 0 Å². The number of benzene rings is 2. The summed E-state index contributed by atoms with van der Waals surface area (Å²) in [5.41, 5.74) is -0.453. The Balaban J connectivity index is 1.34. The van der Waals surface area contributed by atoms with Crippen LogP contribution in [0, 0.1) is 11.7 Å². The van der Waals surface area contributed by atoms with Crippen molar-refractivity contribution in [3.05, 3.63) is 54.0 Å². The number of likely N-dealkylation sites (N-methyl/N-ethyl adjacent to an activating group) is 1. The summed E-state index contributed by atoms with van der Waals surface area (Å²) < 4.78 is 43.9. The molecule has 0 bridgehead atoms. The van der Waals surface area contributed by atoms with Gasteiger partial charge >= 0.3 is 12.6 Å². The molecule has 1 spiro atoms. The molecular formula is C28H29F3N6O5. The molecular weight excluding hydrogens is 557 g/mol. The van der Waals surface area contributed by atoms with E-state index >= 15 is 0 Å². The fourth-order valence-corrected chi connectivity index (χ4v) is 5.57. The van der Waals surface area contributed by atoms with Crippen LogP contribution in [0.5, 0.6) is 5.75 Å². The van der Waals surface area contributed by atoms with Crippen LogP contribution in [0.15, 0.2) is 42.6 Å². The van der Waals surface area contributed by atoms with Crippen LogP contribution >= 0.6 is 0 Å². The van der Waals surface area contributed by atoms with E-state index in [1.54, 1.807) is 38.2 Å². The highest BCUT2D eigenvalue weighted by Gasteiger charge is 2.58. The molecule has 5 amide bonds. The molecule has 2 aliphatic heterocycles. The van der Waals surface area contributed by atoms with Gasteiger partial charge in [0.15, 0.2) is 0 Å². The number of aromatic nitrogens is 2. The zero-order chi connectivity index (χ0) is 30.3. The number of halogens is 3. The van der Waals surface area contributed by atoms with Crippen LogP contribution in [0.2, 0.25) is 0 Å². The van der Waals surface area contributed by atoms with Gasteiger partial charge in [-0.3, -0.25) is 29.3 Å². The van der Waals surface area contributed by atoms with E-state index in [2.05, 4.69) is 20.3 Å². The Morgan fingerprint density at radius 1 is 1.10 bits per heavy atom. The molecule has 2 aliphatic rings. The van der Waals surface area contributed by atoms with Gasteiger partial charge in [-0.1, -0.05) is 13.8 Å². The number of nitrogens with zero attached hydrogens (tertiary/aromatic N) is 4. The maximum atomic E-state index is 14.4. The number of piperidine rings is 1. The lowest BCUT2D eigenvalue weighted by Crippen LogP contribution is -2.60. The van der Waals surface area contributed by atoms with Gasteiger partial charge in [-0.25, -0.2) is 9.18 Å². The number of aromatic amines is 1. The molecule has 2 aromatic carbocycles. The monoisotopic (exact) mass is 586 g/mol. The molecule has 0 aliphatic carbocycles. The predicted octanol–water partition coefficient (Wildman–Crippen LogP) is 3.52. The molecule has 2 saturated heterocycles. The Morgan fingerprint density at radius 3 is 2.48 bits per heavy atom. The first-order valence-corrected chi connectivity index (χ1v) is 13.3. The molecule has 1 aromatic heterocycles. The van der Waals surface area contributed by atoms with Crippen LogP contribution in [0.4, 0.5) is 23.7 Å². The molecule has 3 aromatic rings. The van der Waals surface area contributed by atoms with Gasteiger partial charge in [0.1, 0.15) is 23.1 Å². The number of amides is 5. The number of H-pyrrole nitrogens is 1. The lowest BCUT2D eigenvalue weighted by atomic mass is 9.85. The van der Waals surface area contributed by atoms with E-state index in [4.69, 9.17) is 0 Å². The number of fused-ring (bicyclic) bond motifs is 1. The number of hydrogen-bond acceptors (Lipinski definition) is 6. The third-order valence-electron chi connectivity index (χ3n) is 7.82. The van der Waals surface area contributed by atoms with Crippen LogP contribution in [-0.4, -0.2) is 82.1 Å². The fraction of sp³-hybridized carbons (Fsp3) is 0.393. The number of rotatable bonds is 7. The van der Waals surface area contributed by atoms with Gasteiger partial charge in [-0.15, -0.1) is 0 Å². The van der Waals surface area contributed by atoms with Gasteiger partial charge in [-0.05, 0) is 55.2 Å². The summed E-state index contributed by atoms with van der Waals surface area (Å²) in [6.45, 7) is 0.457. The van der Waals surface area contributed by atoms with Gasteiger partial charge in [0, 0.05) is 31.2 Å². The molecule has 0 saturated carbocycles. The Kier molecular flexibility index (Phi) is 7.56. The molecule has 3 heterocycles. The van der Waals surface area contributed by atoms with Gasteiger partial charge in [0.05, 0.1) is 17.3 Å². The van der Waals surface area contributed by atoms with Crippen LogP contribution in [0.3, 0.4) is 0 Å². The minimum Gasteiger partial charge on any atom is -0.435 e. The quantitative estimate of drug-likeness (QED) is 0.408. The number of alkyl halides is 2. The number of carbonyl (C=O) groups is 4. The second kappa shape index (κ2) is 11.0. The summed E-state index contributed by atoms with van der Waals surface area (Å²) in [4.78, 5) is 57.2. The van der Waals surface area contributed by atoms with Crippen molar-refractivity contribution in [1.82, 2.24) is 25.3 Å². The van der Waals surface area contributed by atoms with Crippen LogP contribution in [-0.2, 0) is 9.59 Å². The molecule has 0 unspecified atom stereocenters. The van der Waals surface area contributed by atoms with E-state index in [-0.39, 0.29) is 31.8 Å². The SMILES string of the molecule is CC(C)[C@@H](NC(=O)c1cc(OC(F)F)ccc1F)C(=O)N1CCC2(CC1)C(=O)N(C)C(=O)N2c1ccc2[nH]ncc2c1. The first-order chi connectivity index (χ1) is 19.9. The number of anilines is 1. The number of ether oxygens (including phenoxy) is 1. The molecule has 14 heteroatoms. The van der Waals surface area contributed by atoms with Crippen molar-refractivity contribution in [2.45, 2.75) is 44.9 Å². The highest BCUT2D eigenvalue weighted by molar-refractivity contribution is 6.17. The standard InChI is InChI=1S/C28H29F3N6O5/c1-15(2)22(33-23(38)19-13-18(42-26(30)31)5-6-20(19)29)24(39)36-10-8-28(9-11-36)25(40)35(3)27(41)37(28)17-4-7-21-16(12-17)14-32-34-21/h4-7,12-15,22,26H,8-11H2,1-3H3,(H,32,34)(H,33,38)/t22-/m1/s1. The lowest BCUT2D eigenvalue weighted by molar-refractivity contribution is -0.139. The van der Waals surface area contributed by atoms with Gasteiger partial charge < -0.3 is 15.0 Å². The van der Waals surface area contributed by atoms with E-state index < -0.39 is 59.1 Å². The Labute approximate surface area is 238 Å². The predicted molar refractivity (Wildman–Crippen MR) is 144 cm³/mol. The largest absolute Gasteiger partial charge is 0.435 e. The maximum Gasteiger partial charge on any atom is 0.387 e. The zero-order valence-corrected chi connectivity index (χ0v) is 23.1. The summed E-state index contributed by atoms with van der Waals surface area (Å²) in [6.07, 6.45) is 1.92. The minimum absolute atomic E-state index is 0.112. The van der Waals surface area contributed by atoms with Crippen molar-refractivity contribution in [1.29, 1.82) is 0 Å². The van der Waals surface area contributed by atoms with Crippen molar-refractivity contribution in [3.63, 3.8) is 0 Å². The van der Waals surface area contributed by atoms with Crippen molar-refractivity contribution in [2.75, 3.05) is 25.0 Å². The first-order valence-electron chi connectivity index (χ1n) is 13.3. The number of carbonyl (C=O) groups excluding carboxylic acids is 4. The number of hydrogen-bond donors (Lipinski definition) is 2. The van der Waals surface area contributed by atoms with E-state index in [0.29, 0.717) is 5.69 Å². The van der Waals surface area contributed by atoms with E-state index in [9.17, 15) is 32.3 Å². The molecule has 2 N–H and O–H groups in total. The number of likely N-dealkylation sites (tertiary alicyclic amines) is 1. The van der Waals surface area contributed by atoms with Crippen LogP contribution in [0.1, 0.15) is 37.0 Å². The molecule has 0 radical (unpaired) electrons. The summed E-state index contributed by atoms with van der Waals surface area (Å²) in [6, 6.07) is 6.36. The normalized spacial score (nSPS) is 17.6.